The number of fused-ring (bicyclic) bond motifs is 2. The summed E-state index contributed by atoms with van der Waals surface area (Å²) in [5.41, 5.74) is 3.73. The number of hydrogen-bond acceptors (Lipinski definition) is 4. The van der Waals surface area contributed by atoms with E-state index in [1.807, 2.05) is 25.1 Å². The molecule has 0 spiro atoms. The Kier molecular flexibility index (Phi) is 3.34. The molecule has 118 valence electrons. The maximum absolute atomic E-state index is 12.4. The lowest BCUT2D eigenvalue weighted by Crippen LogP contribution is -2.20. The molecule has 0 fully saturated rings. The van der Waals surface area contributed by atoms with Crippen molar-refractivity contribution >= 4 is 23.1 Å². The Hall–Kier alpha value is -2.34. The van der Waals surface area contributed by atoms with E-state index in [9.17, 15) is 4.79 Å². The van der Waals surface area contributed by atoms with Crippen LogP contribution in [0.5, 0.6) is 0 Å². The Morgan fingerprint density at radius 3 is 3.09 bits per heavy atom. The lowest BCUT2D eigenvalue weighted by atomic mass is 10.2. The molecule has 7 heteroatoms. The summed E-state index contributed by atoms with van der Waals surface area (Å²) in [6.07, 6.45) is 2.66. The topological polar surface area (TPSA) is 75.1 Å². The largest absolute Gasteiger partial charge is 0.378 e. The highest BCUT2D eigenvalue weighted by Crippen LogP contribution is 2.21. The first-order chi connectivity index (χ1) is 11.1. The normalized spacial score (nSPS) is 13.5. The fraction of sp³-hybridized carbons (Fsp3) is 0.312. The quantitative estimate of drug-likeness (QED) is 0.774. The Labute approximate surface area is 137 Å². The van der Waals surface area contributed by atoms with Gasteiger partial charge in [-0.25, -0.2) is 4.98 Å². The fourth-order valence-corrected chi connectivity index (χ4v) is 3.14. The van der Waals surface area contributed by atoms with Crippen molar-refractivity contribution < 1.29 is 0 Å². The van der Waals surface area contributed by atoms with Crippen molar-refractivity contribution in [3.8, 4) is 0 Å². The van der Waals surface area contributed by atoms with Crippen molar-refractivity contribution in [2.45, 2.75) is 32.7 Å². The fourth-order valence-electron chi connectivity index (χ4n) is 2.97. The van der Waals surface area contributed by atoms with Crippen LogP contribution in [-0.2, 0) is 19.4 Å². The second kappa shape index (κ2) is 5.38. The van der Waals surface area contributed by atoms with Crippen LogP contribution in [0.25, 0.3) is 5.78 Å². The van der Waals surface area contributed by atoms with Gasteiger partial charge in [0.2, 0.25) is 0 Å². The average Bonchev–Trinajstić information content (AvgIpc) is 3.15. The zero-order valence-corrected chi connectivity index (χ0v) is 13.4. The molecule has 2 heterocycles. The molecule has 0 saturated heterocycles. The molecule has 0 radical (unpaired) electrons. The molecule has 1 aromatic carbocycles. The summed E-state index contributed by atoms with van der Waals surface area (Å²) in [5.74, 6) is 1.10. The first-order valence-corrected chi connectivity index (χ1v) is 7.99. The number of aryl methyl sites for hydroxylation is 2. The minimum absolute atomic E-state index is 0.0276. The zero-order valence-electron chi connectivity index (χ0n) is 12.7. The van der Waals surface area contributed by atoms with E-state index in [1.54, 1.807) is 0 Å². The molecule has 0 saturated carbocycles. The molecule has 4 rings (SSSR count). The summed E-state index contributed by atoms with van der Waals surface area (Å²) in [7, 11) is 0. The summed E-state index contributed by atoms with van der Waals surface area (Å²) < 4.78 is 1.44. The lowest BCUT2D eigenvalue weighted by Gasteiger charge is -2.08. The van der Waals surface area contributed by atoms with Crippen molar-refractivity contribution in [2.24, 2.45) is 0 Å². The van der Waals surface area contributed by atoms with E-state index in [0.29, 0.717) is 23.2 Å². The predicted molar refractivity (Wildman–Crippen MR) is 89.1 cm³/mol. The van der Waals surface area contributed by atoms with E-state index in [2.05, 4.69) is 20.4 Å². The Morgan fingerprint density at radius 2 is 2.22 bits per heavy atom. The summed E-state index contributed by atoms with van der Waals surface area (Å²) in [6, 6.07) is 5.69. The smallest absolute Gasteiger partial charge is 0.277 e. The third-order valence-electron chi connectivity index (χ3n) is 4.21. The van der Waals surface area contributed by atoms with Gasteiger partial charge in [0, 0.05) is 16.3 Å². The van der Waals surface area contributed by atoms with Gasteiger partial charge in [0.15, 0.2) is 0 Å². The maximum Gasteiger partial charge on any atom is 0.277 e. The average molecular weight is 330 g/mol. The number of anilines is 1. The Morgan fingerprint density at radius 1 is 1.35 bits per heavy atom. The molecule has 2 N–H and O–H groups in total. The van der Waals surface area contributed by atoms with E-state index in [1.165, 1.54) is 4.52 Å². The minimum Gasteiger partial charge on any atom is -0.378 e. The van der Waals surface area contributed by atoms with Crippen molar-refractivity contribution in [1.82, 2.24) is 19.6 Å². The molecule has 2 aromatic heterocycles. The summed E-state index contributed by atoms with van der Waals surface area (Å²) in [4.78, 5) is 21.3. The summed E-state index contributed by atoms with van der Waals surface area (Å²) in [5, 5.41) is 7.00. The third-order valence-corrected chi connectivity index (χ3v) is 4.44. The van der Waals surface area contributed by atoms with Crippen LogP contribution >= 0.6 is 11.6 Å². The number of halogens is 1. The summed E-state index contributed by atoms with van der Waals surface area (Å²) >= 11 is 6.02. The molecule has 0 aliphatic heterocycles. The molecule has 1 aliphatic carbocycles. The van der Waals surface area contributed by atoms with Gasteiger partial charge in [-0.1, -0.05) is 17.7 Å². The van der Waals surface area contributed by atoms with E-state index in [-0.39, 0.29) is 5.56 Å². The molecule has 23 heavy (non-hydrogen) atoms. The maximum atomic E-state index is 12.4. The number of nitrogens with one attached hydrogen (secondary N) is 2. The van der Waals surface area contributed by atoms with Crippen LogP contribution in [0.3, 0.4) is 0 Å². The van der Waals surface area contributed by atoms with Gasteiger partial charge in [-0.2, -0.15) is 9.50 Å². The van der Waals surface area contributed by atoms with Gasteiger partial charge >= 0.3 is 0 Å². The van der Waals surface area contributed by atoms with Crippen LogP contribution in [0.1, 0.15) is 29.1 Å². The monoisotopic (exact) mass is 329 g/mol. The van der Waals surface area contributed by atoms with Crippen LogP contribution < -0.4 is 10.9 Å². The minimum atomic E-state index is -0.0276. The van der Waals surface area contributed by atoms with Gasteiger partial charge in [0.05, 0.1) is 12.2 Å². The van der Waals surface area contributed by atoms with Gasteiger partial charge in [0.25, 0.3) is 11.3 Å². The molecule has 6 nitrogen and oxygen atoms in total. The molecule has 0 amide bonds. The van der Waals surface area contributed by atoms with Crippen LogP contribution in [0.15, 0.2) is 23.0 Å². The molecule has 0 atom stereocenters. The first kappa shape index (κ1) is 14.3. The van der Waals surface area contributed by atoms with Crippen LogP contribution in [-0.4, -0.2) is 19.6 Å². The summed E-state index contributed by atoms with van der Waals surface area (Å²) in [6.45, 7) is 2.47. The molecule has 1 aliphatic rings. The van der Waals surface area contributed by atoms with Gasteiger partial charge < -0.3 is 5.32 Å². The first-order valence-electron chi connectivity index (χ1n) is 7.61. The number of H-pyrrole nitrogens is 1. The van der Waals surface area contributed by atoms with Gasteiger partial charge in [-0.15, -0.1) is 0 Å². The van der Waals surface area contributed by atoms with Gasteiger partial charge in [-0.3, -0.25) is 9.89 Å². The number of hydrogen-bond donors (Lipinski definition) is 2. The standard InChI is InChI=1S/C16H16ClN5O/c1-9-5-6-10(17)7-13(9)18-8-14-20-16-19-12-4-2-3-11(12)15(23)22(16)21-14/h5-7,18H,2-4,8H2,1H3,(H,19,20,21). The van der Waals surface area contributed by atoms with Crippen LogP contribution in [0.2, 0.25) is 5.02 Å². The SMILES string of the molecule is Cc1ccc(Cl)cc1NCc1nc2nc3c(c(=O)n2[nH]1)CCC3. The second-order valence-corrected chi connectivity index (χ2v) is 6.25. The van der Waals surface area contributed by atoms with Crippen molar-refractivity contribution in [3.05, 3.63) is 56.2 Å². The van der Waals surface area contributed by atoms with E-state index in [0.717, 1.165) is 41.8 Å². The van der Waals surface area contributed by atoms with Gasteiger partial charge in [-0.05, 0) is 43.9 Å². The predicted octanol–water partition coefficient (Wildman–Crippen LogP) is 2.48. The number of aromatic amines is 1. The molecule has 0 bridgehead atoms. The molecule has 0 unspecified atom stereocenters. The van der Waals surface area contributed by atoms with Gasteiger partial charge in [0.1, 0.15) is 5.82 Å². The molecular weight excluding hydrogens is 314 g/mol. The zero-order chi connectivity index (χ0) is 16.0. The van der Waals surface area contributed by atoms with E-state index >= 15 is 0 Å². The van der Waals surface area contributed by atoms with Crippen molar-refractivity contribution in [3.63, 3.8) is 0 Å². The highest BCUT2D eigenvalue weighted by atomic mass is 35.5. The number of benzene rings is 1. The second-order valence-electron chi connectivity index (χ2n) is 5.81. The third kappa shape index (κ3) is 2.49. The molecule has 3 aromatic rings. The number of rotatable bonds is 3. The van der Waals surface area contributed by atoms with E-state index < -0.39 is 0 Å². The van der Waals surface area contributed by atoms with Crippen LogP contribution in [0, 0.1) is 6.92 Å². The molecular formula is C16H16ClN5O. The Bertz CT molecular complexity index is 959. The highest BCUT2D eigenvalue weighted by Gasteiger charge is 2.19. The Balaban J connectivity index is 1.64. The van der Waals surface area contributed by atoms with Crippen molar-refractivity contribution in [2.75, 3.05) is 5.32 Å². The van der Waals surface area contributed by atoms with E-state index in [4.69, 9.17) is 11.6 Å². The van der Waals surface area contributed by atoms with Crippen molar-refractivity contribution in [1.29, 1.82) is 0 Å². The van der Waals surface area contributed by atoms with Crippen LogP contribution in [0.4, 0.5) is 5.69 Å². The highest BCUT2D eigenvalue weighted by molar-refractivity contribution is 6.30. The number of nitrogens with zero attached hydrogens (tertiary/aromatic N) is 3. The number of aromatic nitrogens is 4. The lowest BCUT2D eigenvalue weighted by molar-refractivity contribution is 0.839.